The molecule has 0 saturated carbocycles. The van der Waals surface area contributed by atoms with E-state index in [9.17, 15) is 0 Å². The lowest BCUT2D eigenvalue weighted by Crippen LogP contribution is -2.61. The third-order valence-corrected chi connectivity index (χ3v) is 5.15. The van der Waals surface area contributed by atoms with E-state index in [1.807, 2.05) is 6.07 Å². The minimum absolute atomic E-state index is 0.173. The van der Waals surface area contributed by atoms with Crippen LogP contribution in [-0.2, 0) is 6.54 Å². The normalized spacial score (nSPS) is 22.2. The standard InChI is InChI=1S/C17H27BrN2O/c1-5-6-14-11-20(17(2,3)12-19-14)10-13-9-15(21-4)7-8-16(13)18/h7-9,14,19H,5-6,10-12H2,1-4H3. The summed E-state index contributed by atoms with van der Waals surface area (Å²) < 4.78 is 6.52. The van der Waals surface area contributed by atoms with E-state index in [1.165, 1.54) is 18.4 Å². The molecule has 1 heterocycles. The van der Waals surface area contributed by atoms with Crippen LogP contribution in [0.4, 0.5) is 0 Å². The predicted molar refractivity (Wildman–Crippen MR) is 91.9 cm³/mol. The Bertz CT molecular complexity index is 476. The molecule has 1 N–H and O–H groups in total. The molecule has 1 fully saturated rings. The Hall–Kier alpha value is -0.580. The van der Waals surface area contributed by atoms with Crippen molar-refractivity contribution in [1.29, 1.82) is 0 Å². The van der Waals surface area contributed by atoms with Crippen molar-refractivity contribution in [3.05, 3.63) is 28.2 Å². The minimum Gasteiger partial charge on any atom is -0.497 e. The van der Waals surface area contributed by atoms with Gasteiger partial charge in [-0.3, -0.25) is 4.90 Å². The maximum atomic E-state index is 5.36. The van der Waals surface area contributed by atoms with E-state index >= 15 is 0 Å². The molecule has 1 aliphatic heterocycles. The molecule has 1 atom stereocenters. The van der Waals surface area contributed by atoms with Crippen molar-refractivity contribution < 1.29 is 4.74 Å². The molecular weight excluding hydrogens is 328 g/mol. The van der Waals surface area contributed by atoms with Gasteiger partial charge in [0, 0.05) is 35.7 Å². The fourth-order valence-corrected chi connectivity index (χ4v) is 3.28. The summed E-state index contributed by atoms with van der Waals surface area (Å²) in [4.78, 5) is 2.59. The van der Waals surface area contributed by atoms with Gasteiger partial charge in [0.1, 0.15) is 5.75 Å². The van der Waals surface area contributed by atoms with E-state index in [0.717, 1.165) is 29.9 Å². The lowest BCUT2D eigenvalue weighted by Gasteiger charge is -2.46. The number of rotatable bonds is 5. The van der Waals surface area contributed by atoms with Gasteiger partial charge in [-0.05, 0) is 44.0 Å². The first-order chi connectivity index (χ1) is 9.96. The summed E-state index contributed by atoms with van der Waals surface area (Å²) in [5.74, 6) is 0.922. The summed E-state index contributed by atoms with van der Waals surface area (Å²) in [6.45, 7) is 9.98. The summed E-state index contributed by atoms with van der Waals surface area (Å²) in [6, 6.07) is 6.81. The van der Waals surface area contributed by atoms with Crippen LogP contribution >= 0.6 is 15.9 Å². The first-order valence-electron chi connectivity index (χ1n) is 7.77. The van der Waals surface area contributed by atoms with Crippen molar-refractivity contribution in [2.45, 2.75) is 51.7 Å². The van der Waals surface area contributed by atoms with E-state index in [0.29, 0.717) is 6.04 Å². The van der Waals surface area contributed by atoms with E-state index in [2.05, 4.69) is 59.1 Å². The largest absolute Gasteiger partial charge is 0.497 e. The van der Waals surface area contributed by atoms with Gasteiger partial charge in [0.2, 0.25) is 0 Å². The molecule has 1 aliphatic rings. The number of piperazine rings is 1. The Morgan fingerprint density at radius 3 is 2.86 bits per heavy atom. The number of halogens is 1. The van der Waals surface area contributed by atoms with Crippen LogP contribution < -0.4 is 10.1 Å². The molecule has 1 aromatic rings. The van der Waals surface area contributed by atoms with Crippen molar-refractivity contribution in [2.24, 2.45) is 0 Å². The van der Waals surface area contributed by atoms with Gasteiger partial charge in [-0.1, -0.05) is 29.3 Å². The number of nitrogens with zero attached hydrogens (tertiary/aromatic N) is 1. The van der Waals surface area contributed by atoms with E-state index in [4.69, 9.17) is 4.74 Å². The third kappa shape index (κ3) is 4.21. The van der Waals surface area contributed by atoms with Crippen LogP contribution in [0.25, 0.3) is 0 Å². The molecule has 4 heteroatoms. The molecule has 21 heavy (non-hydrogen) atoms. The Morgan fingerprint density at radius 1 is 1.43 bits per heavy atom. The highest BCUT2D eigenvalue weighted by atomic mass is 79.9. The highest BCUT2D eigenvalue weighted by molar-refractivity contribution is 9.10. The van der Waals surface area contributed by atoms with Crippen LogP contribution in [0.3, 0.4) is 0 Å². The second-order valence-corrected chi connectivity index (χ2v) is 7.37. The number of benzene rings is 1. The highest BCUT2D eigenvalue weighted by Crippen LogP contribution is 2.28. The second-order valence-electron chi connectivity index (χ2n) is 6.52. The van der Waals surface area contributed by atoms with E-state index < -0.39 is 0 Å². The molecule has 0 amide bonds. The molecule has 1 aromatic carbocycles. The number of nitrogens with one attached hydrogen (secondary N) is 1. The molecule has 3 nitrogen and oxygen atoms in total. The monoisotopic (exact) mass is 354 g/mol. The fraction of sp³-hybridized carbons (Fsp3) is 0.647. The average molecular weight is 355 g/mol. The van der Waals surface area contributed by atoms with Gasteiger partial charge in [0.25, 0.3) is 0 Å². The van der Waals surface area contributed by atoms with Gasteiger partial charge < -0.3 is 10.1 Å². The van der Waals surface area contributed by atoms with Gasteiger partial charge in [-0.2, -0.15) is 0 Å². The van der Waals surface area contributed by atoms with Crippen LogP contribution in [0.2, 0.25) is 0 Å². The number of hydrogen-bond acceptors (Lipinski definition) is 3. The van der Waals surface area contributed by atoms with Crippen LogP contribution in [-0.4, -0.2) is 36.7 Å². The van der Waals surface area contributed by atoms with Crippen molar-refractivity contribution in [2.75, 3.05) is 20.2 Å². The van der Waals surface area contributed by atoms with E-state index in [1.54, 1.807) is 7.11 Å². The summed E-state index contributed by atoms with van der Waals surface area (Å²) in [5.41, 5.74) is 1.46. The smallest absolute Gasteiger partial charge is 0.119 e. The molecule has 0 spiro atoms. The zero-order valence-corrected chi connectivity index (χ0v) is 15.2. The maximum absolute atomic E-state index is 5.36. The zero-order chi connectivity index (χ0) is 15.5. The minimum atomic E-state index is 0.173. The molecule has 0 aliphatic carbocycles. The average Bonchev–Trinajstić information content (AvgIpc) is 2.45. The molecule has 0 radical (unpaired) electrons. The molecule has 0 bridgehead atoms. The maximum Gasteiger partial charge on any atom is 0.119 e. The van der Waals surface area contributed by atoms with Crippen molar-refractivity contribution >= 4 is 15.9 Å². The summed E-state index contributed by atoms with van der Waals surface area (Å²) in [7, 11) is 1.72. The zero-order valence-electron chi connectivity index (χ0n) is 13.6. The van der Waals surface area contributed by atoms with Crippen LogP contribution in [0.1, 0.15) is 39.2 Å². The highest BCUT2D eigenvalue weighted by Gasteiger charge is 2.33. The number of hydrogen-bond donors (Lipinski definition) is 1. The molecule has 2 rings (SSSR count). The summed E-state index contributed by atoms with van der Waals surface area (Å²) in [5, 5.41) is 3.69. The van der Waals surface area contributed by atoms with Crippen LogP contribution in [0.15, 0.2) is 22.7 Å². The van der Waals surface area contributed by atoms with Gasteiger partial charge in [0.15, 0.2) is 0 Å². The van der Waals surface area contributed by atoms with Gasteiger partial charge in [-0.25, -0.2) is 0 Å². The first-order valence-corrected chi connectivity index (χ1v) is 8.56. The van der Waals surface area contributed by atoms with Crippen LogP contribution in [0, 0.1) is 0 Å². The van der Waals surface area contributed by atoms with Crippen molar-refractivity contribution in [1.82, 2.24) is 10.2 Å². The Morgan fingerprint density at radius 2 is 2.19 bits per heavy atom. The topological polar surface area (TPSA) is 24.5 Å². The third-order valence-electron chi connectivity index (χ3n) is 4.37. The predicted octanol–water partition coefficient (Wildman–Crippen LogP) is 3.81. The molecule has 1 unspecified atom stereocenters. The molecule has 118 valence electrons. The van der Waals surface area contributed by atoms with Crippen molar-refractivity contribution in [3.8, 4) is 5.75 Å². The Labute approximate surface area is 137 Å². The lowest BCUT2D eigenvalue weighted by molar-refractivity contribution is 0.0561. The lowest BCUT2D eigenvalue weighted by atomic mass is 9.95. The fourth-order valence-electron chi connectivity index (χ4n) is 2.91. The number of methoxy groups -OCH3 is 1. The van der Waals surface area contributed by atoms with Crippen LogP contribution in [0.5, 0.6) is 5.75 Å². The summed E-state index contributed by atoms with van der Waals surface area (Å²) in [6.07, 6.45) is 2.47. The molecular formula is C17H27BrN2O. The molecule has 1 saturated heterocycles. The Kier molecular flexibility index (Phi) is 5.69. The second kappa shape index (κ2) is 7.12. The quantitative estimate of drug-likeness (QED) is 0.869. The van der Waals surface area contributed by atoms with Gasteiger partial charge in [0.05, 0.1) is 7.11 Å². The van der Waals surface area contributed by atoms with Gasteiger partial charge >= 0.3 is 0 Å². The summed E-state index contributed by atoms with van der Waals surface area (Å²) >= 11 is 3.67. The SMILES string of the molecule is CCCC1CN(Cc2cc(OC)ccc2Br)C(C)(C)CN1. The van der Waals surface area contributed by atoms with Crippen molar-refractivity contribution in [3.63, 3.8) is 0 Å². The Balaban J connectivity index is 2.15. The van der Waals surface area contributed by atoms with Gasteiger partial charge in [-0.15, -0.1) is 0 Å². The first kappa shape index (κ1) is 16.8. The number of ether oxygens (including phenoxy) is 1. The van der Waals surface area contributed by atoms with E-state index in [-0.39, 0.29) is 5.54 Å². The molecule has 0 aromatic heterocycles.